The molecule has 4 aromatic rings. The van der Waals surface area contributed by atoms with E-state index in [2.05, 4.69) is 25.2 Å². The number of rotatable bonds is 6. The Kier molecular flexibility index (Phi) is 6.30. The summed E-state index contributed by atoms with van der Waals surface area (Å²) in [6, 6.07) is 11.2. The fraction of sp³-hybridized carbons (Fsp3) is 0.250. The number of pyridine rings is 1. The van der Waals surface area contributed by atoms with E-state index in [4.69, 9.17) is 16.3 Å². The Labute approximate surface area is 196 Å². The number of carbonyl (C=O) groups excluding carboxylic acids is 1. The molecule has 1 aliphatic heterocycles. The van der Waals surface area contributed by atoms with Gasteiger partial charge in [0.25, 0.3) is 5.91 Å². The van der Waals surface area contributed by atoms with Gasteiger partial charge in [-0.3, -0.25) is 19.2 Å². The van der Waals surface area contributed by atoms with Crippen LogP contribution >= 0.6 is 11.6 Å². The van der Waals surface area contributed by atoms with Crippen molar-refractivity contribution >= 4 is 28.4 Å². The third-order valence-corrected chi connectivity index (χ3v) is 6.12. The zero-order valence-corrected chi connectivity index (χ0v) is 18.7. The highest BCUT2D eigenvalue weighted by molar-refractivity contribution is 6.37. The van der Waals surface area contributed by atoms with Crippen molar-refractivity contribution in [3.63, 3.8) is 0 Å². The molecule has 1 aromatic carbocycles. The first kappa shape index (κ1) is 21.5. The highest BCUT2D eigenvalue weighted by Crippen LogP contribution is 2.30. The van der Waals surface area contributed by atoms with Crippen LogP contribution in [0.3, 0.4) is 0 Å². The predicted octanol–water partition coefficient (Wildman–Crippen LogP) is 3.27. The molecule has 9 heteroatoms. The molecule has 0 bridgehead atoms. The van der Waals surface area contributed by atoms with Crippen molar-refractivity contribution in [1.82, 2.24) is 29.7 Å². The van der Waals surface area contributed by atoms with Crippen LogP contribution in [0.5, 0.6) is 0 Å². The molecule has 1 saturated heterocycles. The molecular weight excluding hydrogens is 440 g/mol. The normalized spacial score (nSPS) is 15.4. The molecule has 1 N–H and O–H groups in total. The molecule has 8 nitrogen and oxygen atoms in total. The molecule has 1 atom stereocenters. The van der Waals surface area contributed by atoms with E-state index in [1.165, 1.54) is 0 Å². The summed E-state index contributed by atoms with van der Waals surface area (Å²) in [4.78, 5) is 28.6. The van der Waals surface area contributed by atoms with E-state index in [0.717, 1.165) is 24.2 Å². The van der Waals surface area contributed by atoms with Crippen molar-refractivity contribution in [2.45, 2.75) is 6.04 Å². The number of benzene rings is 1. The van der Waals surface area contributed by atoms with Crippen LogP contribution < -0.4 is 5.32 Å². The SMILES string of the molecule is O=C(NCC(c1cccnc1)N1CCOCC1)c1cn(-c2ncccn2)c2cccc(Cl)c12. The van der Waals surface area contributed by atoms with E-state index in [0.29, 0.717) is 41.7 Å². The molecule has 0 saturated carbocycles. The number of fused-ring (bicyclic) bond motifs is 1. The van der Waals surface area contributed by atoms with Crippen molar-refractivity contribution in [1.29, 1.82) is 0 Å². The van der Waals surface area contributed by atoms with Gasteiger partial charge >= 0.3 is 0 Å². The summed E-state index contributed by atoms with van der Waals surface area (Å²) in [5.41, 5.74) is 2.31. The molecule has 1 aliphatic rings. The largest absolute Gasteiger partial charge is 0.379 e. The first-order valence-corrected chi connectivity index (χ1v) is 11.2. The fourth-order valence-corrected chi connectivity index (χ4v) is 4.47. The average Bonchev–Trinajstić information content (AvgIpc) is 3.27. The second kappa shape index (κ2) is 9.66. The average molecular weight is 463 g/mol. The van der Waals surface area contributed by atoms with E-state index < -0.39 is 0 Å². The highest BCUT2D eigenvalue weighted by Gasteiger charge is 2.25. The number of amides is 1. The minimum atomic E-state index is -0.204. The van der Waals surface area contributed by atoms with E-state index in [1.807, 2.05) is 30.5 Å². The molecule has 33 heavy (non-hydrogen) atoms. The highest BCUT2D eigenvalue weighted by atomic mass is 35.5. The lowest BCUT2D eigenvalue weighted by Gasteiger charge is -2.34. The number of carbonyl (C=O) groups is 1. The van der Waals surface area contributed by atoms with Crippen LogP contribution in [0.25, 0.3) is 16.9 Å². The Hall–Kier alpha value is -3.33. The quantitative estimate of drug-likeness (QED) is 0.473. The summed E-state index contributed by atoms with van der Waals surface area (Å²) in [5.74, 6) is 0.273. The topological polar surface area (TPSA) is 85.2 Å². The maximum atomic E-state index is 13.4. The van der Waals surface area contributed by atoms with Crippen LogP contribution in [-0.4, -0.2) is 63.2 Å². The van der Waals surface area contributed by atoms with Gasteiger partial charge in [-0.15, -0.1) is 0 Å². The van der Waals surface area contributed by atoms with Gasteiger partial charge in [0, 0.05) is 56.0 Å². The van der Waals surface area contributed by atoms with Crippen molar-refractivity contribution < 1.29 is 9.53 Å². The van der Waals surface area contributed by atoms with Crippen LogP contribution in [0.15, 0.2) is 67.4 Å². The lowest BCUT2D eigenvalue weighted by atomic mass is 10.1. The van der Waals surface area contributed by atoms with Crippen molar-refractivity contribution in [2.24, 2.45) is 0 Å². The second-order valence-corrected chi connectivity index (χ2v) is 8.16. The Morgan fingerprint density at radius 1 is 1.09 bits per heavy atom. The lowest BCUT2D eigenvalue weighted by molar-refractivity contribution is 0.0161. The summed E-state index contributed by atoms with van der Waals surface area (Å²) < 4.78 is 7.30. The minimum absolute atomic E-state index is 0.00664. The van der Waals surface area contributed by atoms with Crippen LogP contribution in [0.4, 0.5) is 0 Å². The lowest BCUT2D eigenvalue weighted by Crippen LogP contribution is -2.43. The number of nitrogens with zero attached hydrogens (tertiary/aromatic N) is 5. The van der Waals surface area contributed by atoms with Gasteiger partial charge in [0.05, 0.1) is 35.4 Å². The maximum Gasteiger partial charge on any atom is 0.253 e. The van der Waals surface area contributed by atoms with Crippen LogP contribution in [-0.2, 0) is 4.74 Å². The smallest absolute Gasteiger partial charge is 0.253 e. The zero-order valence-electron chi connectivity index (χ0n) is 17.9. The number of aromatic nitrogens is 4. The monoisotopic (exact) mass is 462 g/mol. The molecule has 5 rings (SSSR count). The van der Waals surface area contributed by atoms with Gasteiger partial charge in [-0.05, 0) is 29.8 Å². The van der Waals surface area contributed by atoms with Crippen molar-refractivity contribution in [3.8, 4) is 5.95 Å². The fourth-order valence-electron chi connectivity index (χ4n) is 4.20. The molecule has 0 aliphatic carbocycles. The first-order chi connectivity index (χ1) is 16.2. The van der Waals surface area contributed by atoms with Crippen molar-refractivity contribution in [2.75, 3.05) is 32.8 Å². The molecule has 4 heterocycles. The zero-order chi connectivity index (χ0) is 22.6. The molecule has 0 spiro atoms. The van der Waals surface area contributed by atoms with E-state index in [9.17, 15) is 4.79 Å². The number of halogens is 1. The van der Waals surface area contributed by atoms with Gasteiger partial charge in [0.2, 0.25) is 5.95 Å². The van der Waals surface area contributed by atoms with Gasteiger partial charge < -0.3 is 10.1 Å². The Balaban J connectivity index is 1.45. The third kappa shape index (κ3) is 4.45. The van der Waals surface area contributed by atoms with Gasteiger partial charge in [-0.2, -0.15) is 0 Å². The summed E-state index contributed by atoms with van der Waals surface area (Å²) in [7, 11) is 0. The van der Waals surface area contributed by atoms with E-state index in [-0.39, 0.29) is 11.9 Å². The van der Waals surface area contributed by atoms with Gasteiger partial charge in [-0.25, -0.2) is 9.97 Å². The summed E-state index contributed by atoms with van der Waals surface area (Å²) in [6.07, 6.45) is 8.68. The van der Waals surface area contributed by atoms with Crippen molar-refractivity contribution in [3.05, 3.63) is 83.5 Å². The molecule has 1 amide bonds. The standard InChI is InChI=1S/C24H23ClN6O2/c25-19-5-1-6-20-22(19)18(16-31(20)24-27-8-3-9-28-24)23(32)29-15-21(17-4-2-7-26-14-17)30-10-12-33-13-11-30/h1-9,14,16,21H,10-13,15H2,(H,29,32). The second-order valence-electron chi connectivity index (χ2n) is 7.76. The summed E-state index contributed by atoms with van der Waals surface area (Å²) >= 11 is 6.52. The van der Waals surface area contributed by atoms with Gasteiger partial charge in [0.15, 0.2) is 0 Å². The molecular formula is C24H23ClN6O2. The molecule has 3 aromatic heterocycles. The van der Waals surface area contributed by atoms with Gasteiger partial charge in [0.1, 0.15) is 0 Å². The number of ether oxygens (including phenoxy) is 1. The molecule has 0 radical (unpaired) electrons. The number of nitrogens with one attached hydrogen (secondary N) is 1. The maximum absolute atomic E-state index is 13.4. The molecule has 168 valence electrons. The van der Waals surface area contributed by atoms with Crippen LogP contribution in [0.2, 0.25) is 5.02 Å². The van der Waals surface area contributed by atoms with Crippen LogP contribution in [0.1, 0.15) is 22.0 Å². The Morgan fingerprint density at radius 3 is 2.67 bits per heavy atom. The first-order valence-electron chi connectivity index (χ1n) is 10.8. The molecule has 1 fully saturated rings. The minimum Gasteiger partial charge on any atom is -0.379 e. The summed E-state index contributed by atoms with van der Waals surface area (Å²) in [6.45, 7) is 3.37. The number of morpholine rings is 1. The van der Waals surface area contributed by atoms with Crippen LogP contribution in [0, 0.1) is 0 Å². The van der Waals surface area contributed by atoms with E-state index >= 15 is 0 Å². The van der Waals surface area contributed by atoms with Gasteiger partial charge in [-0.1, -0.05) is 23.7 Å². The Bertz CT molecular complexity index is 1240. The molecule has 1 unspecified atom stereocenters. The summed E-state index contributed by atoms with van der Waals surface area (Å²) in [5, 5.41) is 4.30. The Morgan fingerprint density at radius 2 is 1.91 bits per heavy atom. The van der Waals surface area contributed by atoms with E-state index in [1.54, 1.807) is 41.5 Å². The predicted molar refractivity (Wildman–Crippen MR) is 126 cm³/mol. The third-order valence-electron chi connectivity index (χ3n) is 5.80. The number of hydrogen-bond donors (Lipinski definition) is 1. The number of hydrogen-bond acceptors (Lipinski definition) is 6.